The predicted molar refractivity (Wildman–Crippen MR) is 141 cm³/mol. The first-order chi connectivity index (χ1) is 19.1. The summed E-state index contributed by atoms with van der Waals surface area (Å²) in [6.45, 7) is 1.23. The molecule has 0 fully saturated rings. The third-order valence-corrected chi connectivity index (χ3v) is 8.43. The lowest BCUT2D eigenvalue weighted by molar-refractivity contribution is -0.143. The highest BCUT2D eigenvalue weighted by molar-refractivity contribution is 7.17. The monoisotopic (exact) mass is 616 g/mol. The molecule has 0 saturated heterocycles. The number of thiophene rings is 1. The zero-order valence-corrected chi connectivity index (χ0v) is 23.2. The van der Waals surface area contributed by atoms with Crippen LogP contribution in [0.3, 0.4) is 0 Å². The number of fused-ring (bicyclic) bond motifs is 1. The molecule has 1 unspecified atom stereocenters. The summed E-state index contributed by atoms with van der Waals surface area (Å²) in [7, 11) is 2.77. The van der Waals surface area contributed by atoms with E-state index in [-0.39, 0.29) is 35.3 Å². The van der Waals surface area contributed by atoms with Crippen LogP contribution in [0.25, 0.3) is 21.5 Å². The van der Waals surface area contributed by atoms with Crippen molar-refractivity contribution in [1.82, 2.24) is 13.7 Å². The maximum Gasteiger partial charge on any atom is 0.422 e. The molecule has 0 bridgehead atoms. The Morgan fingerprint density at radius 1 is 1.07 bits per heavy atom. The first kappa shape index (κ1) is 30.0. The van der Waals surface area contributed by atoms with E-state index < -0.39 is 58.0 Å². The van der Waals surface area contributed by atoms with Gasteiger partial charge in [-0.1, -0.05) is 6.92 Å². The number of hydrogen-bond donors (Lipinski definition) is 1. The zero-order chi connectivity index (χ0) is 30.4. The lowest BCUT2D eigenvalue weighted by atomic mass is 10.1. The van der Waals surface area contributed by atoms with Gasteiger partial charge in [0.15, 0.2) is 4.80 Å². The molecule has 1 N–H and O–H groups in total. The molecule has 41 heavy (non-hydrogen) atoms. The highest BCUT2D eigenvalue weighted by Crippen LogP contribution is 2.37. The number of carboxylic acids is 1. The molecule has 0 spiro atoms. The maximum atomic E-state index is 15.0. The van der Waals surface area contributed by atoms with Crippen LogP contribution in [0.5, 0.6) is 0 Å². The number of carbonyl (C=O) groups is 2. The molecular weight excluding hydrogens is 595 g/mol. The smallest absolute Gasteiger partial charge is 0.422 e. The standard InChI is InChI=1S/C25H21F5N4O5S2/c1-11(22(37)38)6-7-34-15(13-4-5-14(26)18(19(13)27)25(28,29)30)10-41-23(34)31-16(35)8-12-9-40-21-17(12)20(36)32(2)24(39)33(21)3/h4-5,9-11H,6-8H2,1-3H3,(H,37,38). The number of halogens is 5. The van der Waals surface area contributed by atoms with Crippen LogP contribution in [-0.4, -0.2) is 30.7 Å². The number of carbonyl (C=O) groups excluding carboxylic acids is 1. The van der Waals surface area contributed by atoms with Crippen LogP contribution >= 0.6 is 22.7 Å². The Morgan fingerprint density at radius 3 is 2.39 bits per heavy atom. The summed E-state index contributed by atoms with van der Waals surface area (Å²) < 4.78 is 72.4. The molecule has 0 radical (unpaired) electrons. The summed E-state index contributed by atoms with van der Waals surface area (Å²) in [6.07, 6.45) is -5.74. The third kappa shape index (κ3) is 5.66. The molecule has 1 aromatic carbocycles. The van der Waals surface area contributed by atoms with E-state index in [9.17, 15) is 41.8 Å². The van der Waals surface area contributed by atoms with Gasteiger partial charge in [0.1, 0.15) is 22.0 Å². The van der Waals surface area contributed by atoms with Gasteiger partial charge in [-0.3, -0.25) is 23.5 Å². The number of amides is 1. The number of thiazole rings is 1. The average Bonchev–Trinajstić information content (AvgIpc) is 3.48. The van der Waals surface area contributed by atoms with Crippen molar-refractivity contribution in [2.75, 3.05) is 0 Å². The van der Waals surface area contributed by atoms with Gasteiger partial charge in [-0.2, -0.15) is 18.2 Å². The van der Waals surface area contributed by atoms with Gasteiger partial charge in [0.2, 0.25) is 0 Å². The molecule has 0 aliphatic rings. The summed E-state index contributed by atoms with van der Waals surface area (Å²) in [5.74, 6) is -6.47. The number of benzene rings is 1. The van der Waals surface area contributed by atoms with Crippen LogP contribution in [0.2, 0.25) is 0 Å². The van der Waals surface area contributed by atoms with Gasteiger partial charge in [0.05, 0.1) is 23.4 Å². The minimum absolute atomic E-state index is 0.0470. The molecule has 218 valence electrons. The molecule has 3 heterocycles. The lowest BCUT2D eigenvalue weighted by Crippen LogP contribution is -2.36. The molecule has 1 atom stereocenters. The summed E-state index contributed by atoms with van der Waals surface area (Å²) in [4.78, 5) is 53.6. The first-order valence-corrected chi connectivity index (χ1v) is 13.6. The minimum atomic E-state index is -5.32. The lowest BCUT2D eigenvalue weighted by Gasteiger charge is -2.15. The van der Waals surface area contributed by atoms with Gasteiger partial charge in [-0.15, -0.1) is 22.7 Å². The molecule has 9 nitrogen and oxygen atoms in total. The molecule has 16 heteroatoms. The summed E-state index contributed by atoms with van der Waals surface area (Å²) in [5, 5.41) is 12.2. The number of aliphatic carboxylic acids is 1. The second kappa shape index (κ2) is 11.2. The Hall–Kier alpha value is -3.92. The number of aryl methyl sites for hydroxylation is 1. The number of carboxylic acid groups (broad SMARTS) is 1. The van der Waals surface area contributed by atoms with E-state index >= 15 is 4.39 Å². The van der Waals surface area contributed by atoms with E-state index in [1.54, 1.807) is 0 Å². The zero-order valence-electron chi connectivity index (χ0n) is 21.6. The average molecular weight is 617 g/mol. The minimum Gasteiger partial charge on any atom is -0.481 e. The van der Waals surface area contributed by atoms with Crippen molar-refractivity contribution in [2.24, 2.45) is 25.0 Å². The highest BCUT2D eigenvalue weighted by atomic mass is 32.1. The van der Waals surface area contributed by atoms with Crippen LogP contribution in [0, 0.1) is 17.6 Å². The van der Waals surface area contributed by atoms with Crippen molar-refractivity contribution in [3.8, 4) is 11.3 Å². The van der Waals surface area contributed by atoms with E-state index in [0.717, 1.165) is 33.3 Å². The molecule has 4 aromatic rings. The van der Waals surface area contributed by atoms with E-state index in [4.69, 9.17) is 0 Å². The Balaban J connectivity index is 1.81. The van der Waals surface area contributed by atoms with Gasteiger partial charge >= 0.3 is 17.8 Å². The second-order valence-electron chi connectivity index (χ2n) is 9.19. The Kier molecular flexibility index (Phi) is 8.18. The summed E-state index contributed by atoms with van der Waals surface area (Å²) in [6, 6.07) is 1.29. The van der Waals surface area contributed by atoms with Gasteiger partial charge in [0, 0.05) is 31.6 Å². The Morgan fingerprint density at radius 2 is 1.76 bits per heavy atom. The van der Waals surface area contributed by atoms with E-state index in [1.807, 2.05) is 0 Å². The fourth-order valence-electron chi connectivity index (χ4n) is 4.17. The van der Waals surface area contributed by atoms with Gasteiger partial charge < -0.3 is 9.67 Å². The van der Waals surface area contributed by atoms with E-state index in [0.29, 0.717) is 16.5 Å². The second-order valence-corrected chi connectivity index (χ2v) is 10.9. The quantitative estimate of drug-likeness (QED) is 0.317. The number of hydrogen-bond acceptors (Lipinski definition) is 6. The largest absolute Gasteiger partial charge is 0.481 e. The van der Waals surface area contributed by atoms with Gasteiger partial charge in [-0.25, -0.2) is 13.6 Å². The molecule has 3 aromatic heterocycles. The predicted octanol–water partition coefficient (Wildman–Crippen LogP) is 3.91. The van der Waals surface area contributed by atoms with Crippen molar-refractivity contribution in [2.45, 2.75) is 32.5 Å². The van der Waals surface area contributed by atoms with E-state index in [1.165, 1.54) is 40.9 Å². The highest BCUT2D eigenvalue weighted by Gasteiger charge is 2.39. The molecule has 0 aliphatic heterocycles. The fraction of sp³-hybridized carbons (Fsp3) is 0.320. The van der Waals surface area contributed by atoms with Crippen LogP contribution in [-0.2, 0) is 42.8 Å². The summed E-state index contributed by atoms with van der Waals surface area (Å²) in [5.41, 5.74) is -3.70. The molecular formula is C25H21F5N4O5S2. The normalized spacial score (nSPS) is 13.2. The van der Waals surface area contributed by atoms with Crippen molar-refractivity contribution in [3.05, 3.63) is 71.3 Å². The van der Waals surface area contributed by atoms with Crippen LogP contribution in [0.15, 0.2) is 37.5 Å². The Bertz CT molecular complexity index is 1880. The summed E-state index contributed by atoms with van der Waals surface area (Å²) >= 11 is 1.87. The Labute approximate surface area is 235 Å². The number of alkyl halides is 3. The number of nitrogens with zero attached hydrogens (tertiary/aromatic N) is 4. The van der Waals surface area contributed by atoms with Crippen molar-refractivity contribution >= 4 is 44.8 Å². The maximum absolute atomic E-state index is 15.0. The number of rotatable bonds is 7. The fourth-order valence-corrected chi connectivity index (χ4v) is 6.14. The van der Waals surface area contributed by atoms with Crippen molar-refractivity contribution in [3.63, 3.8) is 0 Å². The van der Waals surface area contributed by atoms with Gasteiger partial charge in [0.25, 0.3) is 11.5 Å². The van der Waals surface area contributed by atoms with Crippen molar-refractivity contribution in [1.29, 1.82) is 0 Å². The van der Waals surface area contributed by atoms with Crippen LogP contribution in [0.1, 0.15) is 24.5 Å². The van der Waals surface area contributed by atoms with Crippen LogP contribution in [0.4, 0.5) is 22.0 Å². The topological polar surface area (TPSA) is 116 Å². The first-order valence-electron chi connectivity index (χ1n) is 11.8. The molecule has 0 aliphatic carbocycles. The van der Waals surface area contributed by atoms with Crippen LogP contribution < -0.4 is 16.1 Å². The van der Waals surface area contributed by atoms with E-state index in [2.05, 4.69) is 4.99 Å². The van der Waals surface area contributed by atoms with Crippen molar-refractivity contribution < 1.29 is 36.6 Å². The third-order valence-electron chi connectivity index (χ3n) is 6.46. The van der Waals surface area contributed by atoms with Gasteiger partial charge in [-0.05, 0) is 29.5 Å². The SMILES string of the molecule is CC(CCn1c(-c2ccc(F)c(C(F)(F)F)c2F)csc1=NC(=O)Cc1csc2c1c(=O)n(C)c(=O)n2C)C(=O)O. The molecule has 0 saturated carbocycles. The number of aromatic nitrogens is 3. The molecule has 1 amide bonds. The molecule has 4 rings (SSSR count).